The summed E-state index contributed by atoms with van der Waals surface area (Å²) < 4.78 is 0. The van der Waals surface area contributed by atoms with Crippen LogP contribution in [-0.4, -0.2) is 24.7 Å². The lowest BCUT2D eigenvalue weighted by Gasteiger charge is -2.30. The number of nitrogens with one attached hydrogen (secondary N) is 2. The minimum atomic E-state index is 0.640. The molecule has 0 spiro atoms. The standard InChI is InChI=1S/C11H24N2/c1-4-12-10-5-7-11(8-6-10)13-9(2)3/h9-13H,4-8H2,1-3H3/t10-,11-. The summed E-state index contributed by atoms with van der Waals surface area (Å²) in [6.07, 6.45) is 5.38. The summed E-state index contributed by atoms with van der Waals surface area (Å²) in [5.74, 6) is 0. The normalized spacial score (nSPS) is 29.5. The van der Waals surface area contributed by atoms with E-state index in [0.717, 1.165) is 18.6 Å². The predicted octanol–water partition coefficient (Wildman–Crippen LogP) is 1.91. The van der Waals surface area contributed by atoms with Crippen molar-refractivity contribution in [1.29, 1.82) is 0 Å². The second-order valence-corrected chi connectivity index (χ2v) is 4.43. The second kappa shape index (κ2) is 5.61. The van der Waals surface area contributed by atoms with E-state index in [0.29, 0.717) is 6.04 Å². The molecule has 2 nitrogen and oxygen atoms in total. The van der Waals surface area contributed by atoms with Gasteiger partial charge in [-0.25, -0.2) is 0 Å². The Morgan fingerprint density at radius 3 is 2.08 bits per heavy atom. The first-order chi connectivity index (χ1) is 6.22. The van der Waals surface area contributed by atoms with Crippen molar-refractivity contribution >= 4 is 0 Å². The average molecular weight is 184 g/mol. The van der Waals surface area contributed by atoms with Gasteiger partial charge < -0.3 is 10.6 Å². The van der Waals surface area contributed by atoms with Gasteiger partial charge in [0.1, 0.15) is 0 Å². The monoisotopic (exact) mass is 184 g/mol. The number of hydrogen-bond acceptors (Lipinski definition) is 2. The molecule has 1 aliphatic carbocycles. The Labute approximate surface area is 82.5 Å². The summed E-state index contributed by atoms with van der Waals surface area (Å²) in [6, 6.07) is 2.20. The third-order valence-corrected chi connectivity index (χ3v) is 2.79. The maximum atomic E-state index is 3.62. The highest BCUT2D eigenvalue weighted by molar-refractivity contribution is 4.81. The largest absolute Gasteiger partial charge is 0.314 e. The third-order valence-electron chi connectivity index (χ3n) is 2.79. The molecule has 2 heteroatoms. The molecule has 0 unspecified atom stereocenters. The van der Waals surface area contributed by atoms with Gasteiger partial charge in [-0.2, -0.15) is 0 Å². The summed E-state index contributed by atoms with van der Waals surface area (Å²) in [5.41, 5.74) is 0. The molecule has 1 aliphatic rings. The zero-order chi connectivity index (χ0) is 9.68. The van der Waals surface area contributed by atoms with E-state index in [1.54, 1.807) is 0 Å². The Morgan fingerprint density at radius 2 is 1.62 bits per heavy atom. The van der Waals surface area contributed by atoms with E-state index < -0.39 is 0 Å². The van der Waals surface area contributed by atoms with Crippen molar-refractivity contribution in [2.24, 2.45) is 0 Å². The fraction of sp³-hybridized carbons (Fsp3) is 1.00. The minimum absolute atomic E-state index is 0.640. The average Bonchev–Trinajstić information content (AvgIpc) is 2.08. The van der Waals surface area contributed by atoms with Gasteiger partial charge in [-0.15, -0.1) is 0 Å². The van der Waals surface area contributed by atoms with Crippen LogP contribution >= 0.6 is 0 Å². The Bertz CT molecular complexity index is 126. The lowest BCUT2D eigenvalue weighted by Crippen LogP contribution is -2.42. The van der Waals surface area contributed by atoms with Crippen molar-refractivity contribution in [3.63, 3.8) is 0 Å². The first-order valence-electron chi connectivity index (χ1n) is 5.71. The molecule has 0 saturated heterocycles. The van der Waals surface area contributed by atoms with Gasteiger partial charge in [-0.1, -0.05) is 20.8 Å². The van der Waals surface area contributed by atoms with Crippen molar-refractivity contribution in [3.05, 3.63) is 0 Å². The van der Waals surface area contributed by atoms with E-state index >= 15 is 0 Å². The van der Waals surface area contributed by atoms with Gasteiger partial charge in [-0.3, -0.25) is 0 Å². The van der Waals surface area contributed by atoms with Crippen molar-refractivity contribution in [2.45, 2.75) is 64.6 Å². The zero-order valence-corrected chi connectivity index (χ0v) is 9.27. The van der Waals surface area contributed by atoms with E-state index in [2.05, 4.69) is 31.4 Å². The van der Waals surface area contributed by atoms with E-state index in [4.69, 9.17) is 0 Å². The molecule has 0 aliphatic heterocycles. The maximum absolute atomic E-state index is 3.62. The molecule has 0 atom stereocenters. The quantitative estimate of drug-likeness (QED) is 0.697. The lowest BCUT2D eigenvalue weighted by molar-refractivity contribution is 0.299. The van der Waals surface area contributed by atoms with Crippen molar-refractivity contribution in [2.75, 3.05) is 6.54 Å². The van der Waals surface area contributed by atoms with Crippen LogP contribution in [0.25, 0.3) is 0 Å². The zero-order valence-electron chi connectivity index (χ0n) is 9.27. The Hall–Kier alpha value is -0.0800. The fourth-order valence-electron chi connectivity index (χ4n) is 2.22. The summed E-state index contributed by atoms with van der Waals surface area (Å²) >= 11 is 0. The molecule has 0 aromatic carbocycles. The molecular weight excluding hydrogens is 160 g/mol. The molecule has 0 aromatic rings. The highest BCUT2D eigenvalue weighted by Crippen LogP contribution is 2.18. The van der Waals surface area contributed by atoms with E-state index in [9.17, 15) is 0 Å². The summed E-state index contributed by atoms with van der Waals surface area (Å²) in [6.45, 7) is 7.78. The molecule has 1 fully saturated rings. The summed E-state index contributed by atoms with van der Waals surface area (Å²) in [4.78, 5) is 0. The Kier molecular flexibility index (Phi) is 4.74. The smallest absolute Gasteiger partial charge is 0.00705 e. The fourth-order valence-corrected chi connectivity index (χ4v) is 2.22. The first-order valence-corrected chi connectivity index (χ1v) is 5.71. The molecule has 0 aromatic heterocycles. The molecule has 0 bridgehead atoms. The number of rotatable bonds is 4. The van der Waals surface area contributed by atoms with E-state index in [1.807, 2.05) is 0 Å². The second-order valence-electron chi connectivity index (χ2n) is 4.43. The van der Waals surface area contributed by atoms with Crippen LogP contribution in [0.3, 0.4) is 0 Å². The highest BCUT2D eigenvalue weighted by Gasteiger charge is 2.20. The topological polar surface area (TPSA) is 24.1 Å². The molecular formula is C11H24N2. The predicted molar refractivity (Wildman–Crippen MR) is 58.0 cm³/mol. The van der Waals surface area contributed by atoms with E-state index in [-0.39, 0.29) is 0 Å². The van der Waals surface area contributed by atoms with Gasteiger partial charge >= 0.3 is 0 Å². The first kappa shape index (κ1) is 11.0. The van der Waals surface area contributed by atoms with Crippen LogP contribution in [-0.2, 0) is 0 Å². The molecule has 13 heavy (non-hydrogen) atoms. The van der Waals surface area contributed by atoms with Crippen LogP contribution in [0.1, 0.15) is 46.5 Å². The molecule has 1 rings (SSSR count). The molecule has 2 N–H and O–H groups in total. The molecule has 1 saturated carbocycles. The summed E-state index contributed by atoms with van der Waals surface area (Å²) in [7, 11) is 0. The molecule has 0 amide bonds. The van der Waals surface area contributed by atoms with E-state index in [1.165, 1.54) is 25.7 Å². The lowest BCUT2D eigenvalue weighted by atomic mass is 9.91. The van der Waals surface area contributed by atoms with Crippen LogP contribution in [0.2, 0.25) is 0 Å². The highest BCUT2D eigenvalue weighted by atomic mass is 15.0. The number of hydrogen-bond donors (Lipinski definition) is 2. The van der Waals surface area contributed by atoms with Crippen LogP contribution in [0.4, 0.5) is 0 Å². The van der Waals surface area contributed by atoms with Gasteiger partial charge in [-0.05, 0) is 32.2 Å². The van der Waals surface area contributed by atoms with Gasteiger partial charge in [0.15, 0.2) is 0 Å². The van der Waals surface area contributed by atoms with Gasteiger partial charge in [0, 0.05) is 18.1 Å². The minimum Gasteiger partial charge on any atom is -0.314 e. The molecule has 78 valence electrons. The third kappa shape index (κ3) is 4.10. The molecule has 0 heterocycles. The van der Waals surface area contributed by atoms with Crippen molar-refractivity contribution in [3.8, 4) is 0 Å². The Balaban J connectivity index is 2.15. The van der Waals surface area contributed by atoms with Crippen LogP contribution in [0, 0.1) is 0 Å². The van der Waals surface area contributed by atoms with Crippen LogP contribution < -0.4 is 10.6 Å². The SMILES string of the molecule is CCN[C@H]1CC[C@H](NC(C)C)CC1. The van der Waals surface area contributed by atoms with Crippen LogP contribution in [0.5, 0.6) is 0 Å². The molecule has 0 radical (unpaired) electrons. The van der Waals surface area contributed by atoms with Gasteiger partial charge in [0.05, 0.1) is 0 Å². The van der Waals surface area contributed by atoms with Crippen molar-refractivity contribution in [1.82, 2.24) is 10.6 Å². The van der Waals surface area contributed by atoms with Gasteiger partial charge in [0.25, 0.3) is 0 Å². The maximum Gasteiger partial charge on any atom is 0.00705 e. The van der Waals surface area contributed by atoms with Gasteiger partial charge in [0.2, 0.25) is 0 Å². The van der Waals surface area contributed by atoms with Crippen LogP contribution in [0.15, 0.2) is 0 Å². The summed E-state index contributed by atoms with van der Waals surface area (Å²) in [5, 5.41) is 7.15. The van der Waals surface area contributed by atoms with Crippen molar-refractivity contribution < 1.29 is 0 Å². The Morgan fingerprint density at radius 1 is 1.08 bits per heavy atom.